The lowest BCUT2D eigenvalue weighted by Crippen LogP contribution is -2.31. The van der Waals surface area contributed by atoms with Gasteiger partial charge in [-0.3, -0.25) is 9.48 Å². The molecule has 0 fully saturated rings. The van der Waals surface area contributed by atoms with Gasteiger partial charge in [-0.15, -0.1) is 11.8 Å². The van der Waals surface area contributed by atoms with E-state index in [1.165, 1.54) is 12.1 Å². The molecule has 4 nitrogen and oxygen atoms in total. The van der Waals surface area contributed by atoms with Gasteiger partial charge in [0.1, 0.15) is 5.82 Å². The first-order valence-electron chi connectivity index (χ1n) is 6.91. The summed E-state index contributed by atoms with van der Waals surface area (Å²) in [6.07, 6.45) is 4.72. The van der Waals surface area contributed by atoms with Gasteiger partial charge in [0, 0.05) is 36.0 Å². The number of carbonyl (C=O) groups is 1. The summed E-state index contributed by atoms with van der Waals surface area (Å²) >= 11 is 1.71. The maximum Gasteiger partial charge on any atom is 0.222 e. The van der Waals surface area contributed by atoms with Crippen LogP contribution in [0.4, 0.5) is 4.39 Å². The summed E-state index contributed by atoms with van der Waals surface area (Å²) in [6.45, 7) is 0.552. The lowest BCUT2D eigenvalue weighted by Gasteiger charge is -2.26. The Labute approximate surface area is 126 Å². The minimum Gasteiger partial charge on any atom is -0.349 e. The zero-order valence-corrected chi connectivity index (χ0v) is 12.3. The van der Waals surface area contributed by atoms with Crippen LogP contribution in [0.5, 0.6) is 0 Å². The Kier molecular flexibility index (Phi) is 4.24. The highest BCUT2D eigenvalue weighted by atomic mass is 32.2. The van der Waals surface area contributed by atoms with Gasteiger partial charge in [0.05, 0.1) is 6.04 Å². The minimum atomic E-state index is -0.257. The fourth-order valence-electron chi connectivity index (χ4n) is 2.43. The van der Waals surface area contributed by atoms with Crippen molar-refractivity contribution in [3.8, 4) is 0 Å². The van der Waals surface area contributed by atoms with Crippen molar-refractivity contribution in [2.45, 2.75) is 30.3 Å². The third kappa shape index (κ3) is 3.44. The molecule has 0 saturated heterocycles. The van der Waals surface area contributed by atoms with Gasteiger partial charge < -0.3 is 5.32 Å². The van der Waals surface area contributed by atoms with Gasteiger partial charge in [0.25, 0.3) is 0 Å². The van der Waals surface area contributed by atoms with Crippen LogP contribution in [0.15, 0.2) is 41.6 Å². The zero-order valence-electron chi connectivity index (χ0n) is 11.5. The highest BCUT2D eigenvalue weighted by Crippen LogP contribution is 2.36. The summed E-state index contributed by atoms with van der Waals surface area (Å²) in [5.74, 6) is 0.646. The normalized spacial score (nSPS) is 17.3. The number of rotatable bonds is 4. The van der Waals surface area contributed by atoms with Crippen LogP contribution >= 0.6 is 11.8 Å². The van der Waals surface area contributed by atoms with E-state index in [9.17, 15) is 9.18 Å². The number of benzene rings is 1. The van der Waals surface area contributed by atoms with Crippen LogP contribution in [-0.2, 0) is 11.3 Å². The summed E-state index contributed by atoms with van der Waals surface area (Å²) in [6, 6.07) is 6.52. The molecular formula is C15H16FN3OS. The predicted octanol–water partition coefficient (Wildman–Crippen LogP) is 2.77. The van der Waals surface area contributed by atoms with E-state index in [2.05, 4.69) is 10.4 Å². The van der Waals surface area contributed by atoms with Crippen LogP contribution in [-0.4, -0.2) is 21.4 Å². The van der Waals surface area contributed by atoms with Crippen molar-refractivity contribution in [2.24, 2.45) is 0 Å². The van der Waals surface area contributed by atoms with Gasteiger partial charge in [-0.25, -0.2) is 4.39 Å². The Morgan fingerprint density at radius 1 is 1.52 bits per heavy atom. The molecule has 21 heavy (non-hydrogen) atoms. The van der Waals surface area contributed by atoms with Gasteiger partial charge in [-0.1, -0.05) is 0 Å². The van der Waals surface area contributed by atoms with Gasteiger partial charge in [0.2, 0.25) is 5.91 Å². The summed E-state index contributed by atoms with van der Waals surface area (Å²) in [5.41, 5.74) is 0.888. The maximum absolute atomic E-state index is 13.4. The van der Waals surface area contributed by atoms with Crippen LogP contribution in [0.2, 0.25) is 0 Å². The molecular weight excluding hydrogens is 289 g/mol. The molecule has 3 rings (SSSR count). The third-order valence-corrected chi connectivity index (χ3v) is 4.60. The smallest absolute Gasteiger partial charge is 0.222 e. The number of nitrogens with one attached hydrogen (secondary N) is 1. The van der Waals surface area contributed by atoms with E-state index in [-0.39, 0.29) is 17.8 Å². The Hall–Kier alpha value is -1.82. The fourth-order valence-corrected chi connectivity index (χ4v) is 3.54. The first-order valence-corrected chi connectivity index (χ1v) is 7.90. The molecule has 1 aliphatic rings. The van der Waals surface area contributed by atoms with Gasteiger partial charge in [-0.2, -0.15) is 5.10 Å². The zero-order chi connectivity index (χ0) is 14.7. The van der Waals surface area contributed by atoms with Crippen LogP contribution < -0.4 is 5.32 Å². The quantitative estimate of drug-likeness (QED) is 0.945. The van der Waals surface area contributed by atoms with Crippen LogP contribution in [0.1, 0.15) is 24.4 Å². The number of thioether (sulfide) groups is 1. The monoisotopic (exact) mass is 305 g/mol. The molecule has 2 heterocycles. The van der Waals surface area contributed by atoms with E-state index in [0.717, 1.165) is 22.6 Å². The topological polar surface area (TPSA) is 46.9 Å². The highest BCUT2D eigenvalue weighted by Gasteiger charge is 2.22. The molecule has 1 unspecified atom stereocenters. The predicted molar refractivity (Wildman–Crippen MR) is 79.5 cm³/mol. The Morgan fingerprint density at radius 2 is 2.43 bits per heavy atom. The number of carbonyl (C=O) groups excluding carboxylic acids is 1. The van der Waals surface area contributed by atoms with Crippen molar-refractivity contribution >= 4 is 17.7 Å². The van der Waals surface area contributed by atoms with Gasteiger partial charge in [0.15, 0.2) is 0 Å². The van der Waals surface area contributed by atoms with E-state index in [1.807, 2.05) is 12.3 Å². The van der Waals surface area contributed by atoms with Crippen LogP contribution in [0.3, 0.4) is 0 Å². The van der Waals surface area contributed by atoms with Crippen molar-refractivity contribution in [1.29, 1.82) is 0 Å². The number of hydrogen-bond acceptors (Lipinski definition) is 3. The largest absolute Gasteiger partial charge is 0.349 e. The molecule has 1 amide bonds. The molecule has 1 aromatic carbocycles. The maximum atomic E-state index is 13.4. The second-order valence-corrected chi connectivity index (χ2v) is 6.10. The Balaban J connectivity index is 1.63. The molecule has 110 valence electrons. The molecule has 0 saturated carbocycles. The molecule has 1 N–H and O–H groups in total. The number of hydrogen-bond donors (Lipinski definition) is 1. The average molecular weight is 305 g/mol. The lowest BCUT2D eigenvalue weighted by molar-refractivity contribution is -0.122. The minimum absolute atomic E-state index is 0.0300. The summed E-state index contributed by atoms with van der Waals surface area (Å²) in [5, 5.41) is 7.07. The number of amides is 1. The van der Waals surface area contributed by atoms with Crippen LogP contribution in [0.25, 0.3) is 0 Å². The standard InChI is InChI=1S/C15H16FN3OS/c16-11-2-3-14-12(10-11)13(5-9-21-14)18-15(20)4-8-19-7-1-6-17-19/h1-3,6-7,10,13H,4-5,8-9H2,(H,18,20). The van der Waals surface area contributed by atoms with Crippen molar-refractivity contribution < 1.29 is 9.18 Å². The molecule has 0 spiro atoms. The second-order valence-electron chi connectivity index (χ2n) is 4.96. The molecule has 0 bridgehead atoms. The van der Waals surface area contributed by atoms with Gasteiger partial charge in [-0.05, 0) is 36.2 Å². The molecule has 6 heteroatoms. The average Bonchev–Trinajstić information content (AvgIpc) is 2.99. The third-order valence-electron chi connectivity index (χ3n) is 3.47. The summed E-state index contributed by atoms with van der Waals surface area (Å²) in [7, 11) is 0. The SMILES string of the molecule is O=C(CCn1cccn1)NC1CCSc2ccc(F)cc21. The van der Waals surface area contributed by atoms with E-state index in [0.29, 0.717) is 13.0 Å². The highest BCUT2D eigenvalue weighted by molar-refractivity contribution is 7.99. The van der Waals surface area contributed by atoms with Crippen LogP contribution in [0, 0.1) is 5.82 Å². The van der Waals surface area contributed by atoms with Gasteiger partial charge >= 0.3 is 0 Å². The molecule has 2 aromatic rings. The Morgan fingerprint density at radius 3 is 3.24 bits per heavy atom. The first kappa shape index (κ1) is 14.1. The van der Waals surface area contributed by atoms with Crippen molar-refractivity contribution in [3.63, 3.8) is 0 Å². The van der Waals surface area contributed by atoms with E-state index < -0.39 is 0 Å². The number of nitrogens with zero attached hydrogens (tertiary/aromatic N) is 2. The summed E-state index contributed by atoms with van der Waals surface area (Å²) in [4.78, 5) is 13.1. The van der Waals surface area contributed by atoms with E-state index >= 15 is 0 Å². The van der Waals surface area contributed by atoms with Crippen molar-refractivity contribution in [2.75, 3.05) is 5.75 Å². The number of fused-ring (bicyclic) bond motifs is 1. The van der Waals surface area contributed by atoms with E-state index in [1.54, 1.807) is 28.7 Å². The number of aryl methyl sites for hydroxylation is 1. The fraction of sp³-hybridized carbons (Fsp3) is 0.333. The molecule has 1 aliphatic heterocycles. The summed E-state index contributed by atoms with van der Waals surface area (Å²) < 4.78 is 15.1. The lowest BCUT2D eigenvalue weighted by atomic mass is 10.0. The molecule has 0 aliphatic carbocycles. The molecule has 0 radical (unpaired) electrons. The first-order chi connectivity index (χ1) is 10.2. The number of aromatic nitrogens is 2. The van der Waals surface area contributed by atoms with E-state index in [4.69, 9.17) is 0 Å². The van der Waals surface area contributed by atoms with Crippen molar-refractivity contribution in [1.82, 2.24) is 15.1 Å². The van der Waals surface area contributed by atoms with Crippen molar-refractivity contribution in [3.05, 3.63) is 48.0 Å². The molecule has 1 atom stereocenters. The Bertz CT molecular complexity index is 630. The molecule has 1 aromatic heterocycles. The number of halogens is 1. The second kappa shape index (κ2) is 6.30.